The van der Waals surface area contributed by atoms with Crippen molar-refractivity contribution in [3.05, 3.63) is 30.1 Å². The molecule has 1 aromatic carbocycles. The molecule has 0 aromatic heterocycles. The summed E-state index contributed by atoms with van der Waals surface area (Å²) in [6.45, 7) is 0.0877. The summed E-state index contributed by atoms with van der Waals surface area (Å²) >= 11 is 0. The van der Waals surface area contributed by atoms with Gasteiger partial charge in [0, 0.05) is 14.2 Å². The molecule has 0 radical (unpaired) electrons. The van der Waals surface area contributed by atoms with Gasteiger partial charge in [-0.05, 0) is 24.3 Å². The maximum absolute atomic E-state index is 12.6. The van der Waals surface area contributed by atoms with Crippen LogP contribution in [0, 0.1) is 5.82 Å². The Morgan fingerprint density at radius 3 is 2.44 bits per heavy atom. The minimum atomic E-state index is -0.486. The van der Waals surface area contributed by atoms with E-state index >= 15 is 0 Å². The van der Waals surface area contributed by atoms with Gasteiger partial charge in [-0.15, -0.1) is 0 Å². The van der Waals surface area contributed by atoms with Crippen LogP contribution < -0.4 is 10.1 Å². The molecule has 100 valence electrons. The quantitative estimate of drug-likeness (QED) is 0.739. The first kappa shape index (κ1) is 14.4. The molecule has 0 saturated carbocycles. The molecule has 0 aliphatic rings. The first-order valence-corrected chi connectivity index (χ1v) is 5.36. The van der Waals surface area contributed by atoms with Crippen molar-refractivity contribution in [1.82, 2.24) is 5.32 Å². The monoisotopic (exact) mass is 257 g/mol. The number of nitrogens with one attached hydrogen (secondary N) is 1. The van der Waals surface area contributed by atoms with Crippen molar-refractivity contribution in [2.75, 3.05) is 27.4 Å². The predicted molar refractivity (Wildman–Crippen MR) is 62.7 cm³/mol. The number of hydrogen-bond donors (Lipinski definition) is 1. The second kappa shape index (κ2) is 7.62. The Bertz CT molecular complexity index is 365. The van der Waals surface area contributed by atoms with Gasteiger partial charge in [0.1, 0.15) is 11.6 Å². The summed E-state index contributed by atoms with van der Waals surface area (Å²) in [5.74, 6) is -0.227. The normalized spacial score (nSPS) is 10.4. The van der Waals surface area contributed by atoms with Gasteiger partial charge in [0.25, 0.3) is 5.91 Å². The Hall–Kier alpha value is -1.66. The molecule has 5 nitrogen and oxygen atoms in total. The van der Waals surface area contributed by atoms with Crippen molar-refractivity contribution in [1.29, 1.82) is 0 Å². The smallest absolute Gasteiger partial charge is 0.258 e. The highest BCUT2D eigenvalue weighted by Gasteiger charge is 2.08. The Labute approximate surface area is 105 Å². The van der Waals surface area contributed by atoms with Crippen LogP contribution in [0.5, 0.6) is 5.75 Å². The van der Waals surface area contributed by atoms with E-state index in [2.05, 4.69) is 5.32 Å². The molecule has 1 aromatic rings. The summed E-state index contributed by atoms with van der Waals surface area (Å²) in [6.07, 6.45) is -0.486. The number of carbonyl (C=O) groups is 1. The number of halogens is 1. The lowest BCUT2D eigenvalue weighted by molar-refractivity contribution is -0.129. The molecule has 0 aliphatic carbocycles. The first-order valence-electron chi connectivity index (χ1n) is 5.36. The summed E-state index contributed by atoms with van der Waals surface area (Å²) in [6, 6.07) is 5.43. The fourth-order valence-electron chi connectivity index (χ4n) is 1.19. The molecule has 1 N–H and O–H groups in total. The second-order valence-corrected chi connectivity index (χ2v) is 3.45. The molecule has 0 heterocycles. The Morgan fingerprint density at radius 2 is 1.89 bits per heavy atom. The predicted octanol–water partition coefficient (Wildman–Crippen LogP) is 0.940. The molecule has 1 amide bonds. The van der Waals surface area contributed by atoms with Crippen LogP contribution in [0.25, 0.3) is 0 Å². The van der Waals surface area contributed by atoms with Gasteiger partial charge in [-0.3, -0.25) is 4.79 Å². The molecule has 0 fully saturated rings. The SMILES string of the molecule is COC(CNC(=O)COc1ccc(F)cc1)OC. The van der Waals surface area contributed by atoms with Gasteiger partial charge in [-0.2, -0.15) is 0 Å². The molecular weight excluding hydrogens is 241 g/mol. The largest absolute Gasteiger partial charge is 0.484 e. The first-order chi connectivity index (χ1) is 8.65. The zero-order valence-corrected chi connectivity index (χ0v) is 10.3. The van der Waals surface area contributed by atoms with E-state index in [1.54, 1.807) is 0 Å². The molecule has 0 atom stereocenters. The van der Waals surface area contributed by atoms with Crippen molar-refractivity contribution in [3.63, 3.8) is 0 Å². The van der Waals surface area contributed by atoms with Crippen LogP contribution >= 0.6 is 0 Å². The van der Waals surface area contributed by atoms with Crippen molar-refractivity contribution < 1.29 is 23.4 Å². The maximum Gasteiger partial charge on any atom is 0.258 e. The number of rotatable bonds is 7. The van der Waals surface area contributed by atoms with Crippen LogP contribution in [0.4, 0.5) is 4.39 Å². The summed E-state index contributed by atoms with van der Waals surface area (Å²) in [5, 5.41) is 2.58. The highest BCUT2D eigenvalue weighted by atomic mass is 19.1. The maximum atomic E-state index is 12.6. The lowest BCUT2D eigenvalue weighted by Gasteiger charge is -2.14. The lowest BCUT2D eigenvalue weighted by atomic mass is 10.3. The van der Waals surface area contributed by atoms with Crippen LogP contribution in [0.2, 0.25) is 0 Å². The van der Waals surface area contributed by atoms with Gasteiger partial charge in [0.2, 0.25) is 0 Å². The van der Waals surface area contributed by atoms with Crippen LogP contribution in [0.15, 0.2) is 24.3 Å². The number of amides is 1. The van der Waals surface area contributed by atoms with Gasteiger partial charge in [0.05, 0.1) is 6.54 Å². The summed E-state index contributed by atoms with van der Waals surface area (Å²) < 4.78 is 27.6. The number of methoxy groups -OCH3 is 2. The van der Waals surface area contributed by atoms with E-state index < -0.39 is 6.29 Å². The van der Waals surface area contributed by atoms with E-state index in [9.17, 15) is 9.18 Å². The fourth-order valence-corrected chi connectivity index (χ4v) is 1.19. The van der Waals surface area contributed by atoms with Gasteiger partial charge in [0.15, 0.2) is 12.9 Å². The van der Waals surface area contributed by atoms with Crippen LogP contribution in [0.3, 0.4) is 0 Å². The summed E-state index contributed by atoms with van der Waals surface area (Å²) in [4.78, 5) is 11.4. The molecule has 18 heavy (non-hydrogen) atoms. The van der Waals surface area contributed by atoms with Crippen molar-refractivity contribution in [2.24, 2.45) is 0 Å². The second-order valence-electron chi connectivity index (χ2n) is 3.45. The zero-order chi connectivity index (χ0) is 13.4. The number of benzene rings is 1. The van der Waals surface area contributed by atoms with Gasteiger partial charge >= 0.3 is 0 Å². The molecule has 1 rings (SSSR count). The average molecular weight is 257 g/mol. The Morgan fingerprint density at radius 1 is 1.28 bits per heavy atom. The standard InChI is InChI=1S/C12H16FNO4/c1-16-12(17-2)7-14-11(15)8-18-10-5-3-9(13)4-6-10/h3-6,12H,7-8H2,1-2H3,(H,14,15). The fraction of sp³-hybridized carbons (Fsp3) is 0.417. The van der Waals surface area contributed by atoms with Gasteiger partial charge in [-0.25, -0.2) is 4.39 Å². The van der Waals surface area contributed by atoms with E-state index in [0.29, 0.717) is 5.75 Å². The highest BCUT2D eigenvalue weighted by Crippen LogP contribution is 2.10. The van der Waals surface area contributed by atoms with Crippen LogP contribution in [-0.4, -0.2) is 39.6 Å². The minimum absolute atomic E-state index is 0.147. The highest BCUT2D eigenvalue weighted by molar-refractivity contribution is 5.77. The number of carbonyl (C=O) groups excluding carboxylic acids is 1. The van der Waals surface area contributed by atoms with Crippen molar-refractivity contribution in [3.8, 4) is 5.75 Å². The van der Waals surface area contributed by atoms with E-state index in [1.807, 2.05) is 0 Å². The van der Waals surface area contributed by atoms with Crippen LogP contribution in [0.1, 0.15) is 0 Å². The molecular formula is C12H16FNO4. The number of hydrogen-bond acceptors (Lipinski definition) is 4. The molecule has 0 saturated heterocycles. The minimum Gasteiger partial charge on any atom is -0.484 e. The molecule has 0 unspecified atom stereocenters. The van der Waals surface area contributed by atoms with Crippen molar-refractivity contribution >= 4 is 5.91 Å². The van der Waals surface area contributed by atoms with E-state index in [4.69, 9.17) is 14.2 Å². The molecule has 6 heteroatoms. The van der Waals surface area contributed by atoms with E-state index in [-0.39, 0.29) is 24.9 Å². The third-order valence-corrected chi connectivity index (χ3v) is 2.18. The lowest BCUT2D eigenvalue weighted by Crippen LogP contribution is -2.36. The molecule has 0 aliphatic heterocycles. The third kappa shape index (κ3) is 5.11. The van der Waals surface area contributed by atoms with Crippen LogP contribution in [-0.2, 0) is 14.3 Å². The average Bonchev–Trinajstić information content (AvgIpc) is 2.39. The Kier molecular flexibility index (Phi) is 6.10. The topological polar surface area (TPSA) is 56.8 Å². The molecule has 0 bridgehead atoms. The third-order valence-electron chi connectivity index (χ3n) is 2.18. The van der Waals surface area contributed by atoms with E-state index in [1.165, 1.54) is 38.5 Å². The zero-order valence-electron chi connectivity index (χ0n) is 10.3. The van der Waals surface area contributed by atoms with E-state index in [0.717, 1.165) is 0 Å². The summed E-state index contributed by atoms with van der Waals surface area (Å²) in [5.41, 5.74) is 0. The van der Waals surface area contributed by atoms with Gasteiger partial charge in [-0.1, -0.05) is 0 Å². The summed E-state index contributed by atoms with van der Waals surface area (Å²) in [7, 11) is 2.96. The number of ether oxygens (including phenoxy) is 3. The van der Waals surface area contributed by atoms with Gasteiger partial charge < -0.3 is 19.5 Å². The Balaban J connectivity index is 2.26. The molecule has 0 spiro atoms. The van der Waals surface area contributed by atoms with Crippen molar-refractivity contribution in [2.45, 2.75) is 6.29 Å².